The molecule has 0 heterocycles. The molecule has 0 saturated heterocycles. The van der Waals surface area contributed by atoms with Crippen molar-refractivity contribution >= 4 is 11.9 Å². The molecule has 1 atom stereocenters. The first-order valence-corrected chi connectivity index (χ1v) is 5.24. The van der Waals surface area contributed by atoms with E-state index in [9.17, 15) is 9.59 Å². The zero-order valence-electron chi connectivity index (χ0n) is 10.2. The van der Waals surface area contributed by atoms with Crippen molar-refractivity contribution in [2.45, 2.75) is 6.92 Å². The van der Waals surface area contributed by atoms with Gasteiger partial charge in [-0.25, -0.2) is 0 Å². The van der Waals surface area contributed by atoms with Crippen molar-refractivity contribution in [2.75, 3.05) is 40.3 Å². The van der Waals surface area contributed by atoms with Gasteiger partial charge in [0.15, 0.2) is 0 Å². The molecule has 0 aromatic carbocycles. The van der Waals surface area contributed by atoms with Crippen molar-refractivity contribution in [1.82, 2.24) is 10.2 Å². The fourth-order valence-corrected chi connectivity index (χ4v) is 1.32. The van der Waals surface area contributed by atoms with E-state index in [1.807, 2.05) is 0 Å². The summed E-state index contributed by atoms with van der Waals surface area (Å²) in [6.07, 6.45) is 0. The Morgan fingerprint density at radius 3 is 2.62 bits per heavy atom. The lowest BCUT2D eigenvalue weighted by molar-refractivity contribution is -0.145. The molecule has 0 spiro atoms. The van der Waals surface area contributed by atoms with Gasteiger partial charge in [0.25, 0.3) is 0 Å². The molecule has 0 aliphatic carbocycles. The number of esters is 1. The minimum Gasteiger partial charge on any atom is -0.469 e. The molecule has 3 N–H and O–H groups in total. The third-order valence-corrected chi connectivity index (χ3v) is 2.07. The molecule has 0 saturated carbocycles. The van der Waals surface area contributed by atoms with Gasteiger partial charge >= 0.3 is 5.97 Å². The average molecular weight is 231 g/mol. The Balaban J connectivity index is 3.84. The molecule has 0 aliphatic heterocycles. The predicted octanol–water partition coefficient (Wildman–Crippen LogP) is -1.20. The zero-order valence-corrected chi connectivity index (χ0v) is 10.2. The second-order valence-electron chi connectivity index (χ2n) is 3.76. The standard InChI is InChI=1S/C10H21N3O3/c1-8(10(15)16-3)6-13(2)7-9(14)12-5-4-11/h8H,4-7,11H2,1-3H3,(H,12,14). The van der Waals surface area contributed by atoms with Gasteiger partial charge < -0.3 is 15.8 Å². The number of ether oxygens (including phenoxy) is 1. The van der Waals surface area contributed by atoms with Crippen LogP contribution in [0.15, 0.2) is 0 Å². The van der Waals surface area contributed by atoms with Crippen molar-refractivity contribution in [3.05, 3.63) is 0 Å². The van der Waals surface area contributed by atoms with Crippen LogP contribution in [-0.4, -0.2) is 57.1 Å². The minimum atomic E-state index is -0.269. The van der Waals surface area contributed by atoms with Crippen LogP contribution >= 0.6 is 0 Å². The number of carbonyl (C=O) groups is 2. The summed E-state index contributed by atoms with van der Waals surface area (Å²) < 4.78 is 4.60. The van der Waals surface area contributed by atoms with Gasteiger partial charge in [-0.3, -0.25) is 14.5 Å². The van der Waals surface area contributed by atoms with Crippen LogP contribution in [0.4, 0.5) is 0 Å². The second kappa shape index (κ2) is 8.06. The normalized spacial score (nSPS) is 12.3. The molecular formula is C10H21N3O3. The third-order valence-electron chi connectivity index (χ3n) is 2.07. The molecule has 0 aromatic heterocycles. The van der Waals surface area contributed by atoms with Crippen LogP contribution < -0.4 is 11.1 Å². The zero-order chi connectivity index (χ0) is 12.6. The Kier molecular flexibility index (Phi) is 7.49. The summed E-state index contributed by atoms with van der Waals surface area (Å²) in [7, 11) is 3.13. The highest BCUT2D eigenvalue weighted by atomic mass is 16.5. The van der Waals surface area contributed by atoms with Gasteiger partial charge in [0.2, 0.25) is 5.91 Å². The first-order valence-electron chi connectivity index (χ1n) is 5.24. The molecule has 94 valence electrons. The van der Waals surface area contributed by atoms with E-state index in [4.69, 9.17) is 5.73 Å². The summed E-state index contributed by atoms with van der Waals surface area (Å²) in [6.45, 7) is 3.40. The summed E-state index contributed by atoms with van der Waals surface area (Å²) in [5, 5.41) is 2.66. The van der Waals surface area contributed by atoms with E-state index >= 15 is 0 Å². The third kappa shape index (κ3) is 6.36. The number of nitrogens with one attached hydrogen (secondary N) is 1. The van der Waals surface area contributed by atoms with Crippen molar-refractivity contribution < 1.29 is 14.3 Å². The Morgan fingerprint density at radius 2 is 2.12 bits per heavy atom. The molecule has 0 aliphatic rings. The Morgan fingerprint density at radius 1 is 1.50 bits per heavy atom. The van der Waals surface area contributed by atoms with Crippen molar-refractivity contribution in [2.24, 2.45) is 11.7 Å². The SMILES string of the molecule is COC(=O)C(C)CN(C)CC(=O)NCCN. The lowest BCUT2D eigenvalue weighted by Crippen LogP contribution is -2.39. The summed E-state index contributed by atoms with van der Waals surface area (Å²) in [5.41, 5.74) is 5.26. The summed E-state index contributed by atoms with van der Waals surface area (Å²) in [5.74, 6) is -0.600. The summed E-state index contributed by atoms with van der Waals surface area (Å²) in [4.78, 5) is 24.2. The Labute approximate surface area is 96.1 Å². The highest BCUT2D eigenvalue weighted by Crippen LogP contribution is 1.99. The molecule has 1 amide bonds. The highest BCUT2D eigenvalue weighted by Gasteiger charge is 2.16. The Bertz CT molecular complexity index is 233. The lowest BCUT2D eigenvalue weighted by Gasteiger charge is -2.19. The van der Waals surface area contributed by atoms with Gasteiger partial charge in [-0.2, -0.15) is 0 Å². The van der Waals surface area contributed by atoms with Gasteiger partial charge in [0.1, 0.15) is 0 Å². The fraction of sp³-hybridized carbons (Fsp3) is 0.800. The molecule has 6 nitrogen and oxygen atoms in total. The van der Waals surface area contributed by atoms with Crippen LogP contribution in [0.1, 0.15) is 6.92 Å². The fourth-order valence-electron chi connectivity index (χ4n) is 1.32. The maximum atomic E-state index is 11.3. The number of amides is 1. The molecule has 16 heavy (non-hydrogen) atoms. The van der Waals surface area contributed by atoms with Gasteiger partial charge in [-0.15, -0.1) is 0 Å². The number of hydrogen-bond donors (Lipinski definition) is 2. The second-order valence-corrected chi connectivity index (χ2v) is 3.76. The Hall–Kier alpha value is -1.14. The van der Waals surface area contributed by atoms with Crippen LogP contribution in [0, 0.1) is 5.92 Å². The van der Waals surface area contributed by atoms with Crippen molar-refractivity contribution in [1.29, 1.82) is 0 Å². The predicted molar refractivity (Wildman–Crippen MR) is 60.7 cm³/mol. The molecule has 1 unspecified atom stereocenters. The molecule has 0 rings (SSSR count). The summed E-state index contributed by atoms with van der Waals surface area (Å²) >= 11 is 0. The summed E-state index contributed by atoms with van der Waals surface area (Å²) in [6, 6.07) is 0. The van der Waals surface area contributed by atoms with E-state index < -0.39 is 0 Å². The number of likely N-dealkylation sites (N-methyl/N-ethyl adjacent to an activating group) is 1. The first kappa shape index (κ1) is 14.9. The van der Waals surface area contributed by atoms with Gasteiger partial charge in [0, 0.05) is 19.6 Å². The molecule has 0 radical (unpaired) electrons. The van der Waals surface area contributed by atoms with Crippen LogP contribution in [0.2, 0.25) is 0 Å². The number of hydrogen-bond acceptors (Lipinski definition) is 5. The largest absolute Gasteiger partial charge is 0.469 e. The number of rotatable bonds is 7. The van der Waals surface area contributed by atoms with E-state index in [2.05, 4.69) is 10.1 Å². The van der Waals surface area contributed by atoms with E-state index in [1.165, 1.54) is 7.11 Å². The van der Waals surface area contributed by atoms with E-state index in [0.29, 0.717) is 19.6 Å². The van der Waals surface area contributed by atoms with Crippen molar-refractivity contribution in [3.8, 4) is 0 Å². The number of methoxy groups -OCH3 is 1. The first-order chi connectivity index (χ1) is 7.51. The molecule has 0 bridgehead atoms. The quantitative estimate of drug-likeness (QED) is 0.538. The number of nitrogens with zero attached hydrogens (tertiary/aromatic N) is 1. The number of carbonyl (C=O) groups excluding carboxylic acids is 2. The smallest absolute Gasteiger partial charge is 0.309 e. The highest BCUT2D eigenvalue weighted by molar-refractivity contribution is 5.78. The van der Waals surface area contributed by atoms with E-state index in [0.717, 1.165) is 0 Å². The van der Waals surface area contributed by atoms with Gasteiger partial charge in [-0.05, 0) is 7.05 Å². The van der Waals surface area contributed by atoms with E-state index in [-0.39, 0.29) is 24.3 Å². The lowest BCUT2D eigenvalue weighted by atomic mass is 10.2. The van der Waals surface area contributed by atoms with Crippen LogP contribution in [-0.2, 0) is 14.3 Å². The van der Waals surface area contributed by atoms with Crippen LogP contribution in [0.25, 0.3) is 0 Å². The molecular weight excluding hydrogens is 210 g/mol. The maximum Gasteiger partial charge on any atom is 0.309 e. The average Bonchev–Trinajstić information content (AvgIpc) is 2.24. The van der Waals surface area contributed by atoms with Gasteiger partial charge in [0.05, 0.1) is 19.6 Å². The topological polar surface area (TPSA) is 84.7 Å². The monoisotopic (exact) mass is 231 g/mol. The number of nitrogens with two attached hydrogens (primary N) is 1. The molecule has 0 fully saturated rings. The van der Waals surface area contributed by atoms with Gasteiger partial charge in [-0.1, -0.05) is 6.92 Å². The van der Waals surface area contributed by atoms with Crippen LogP contribution in [0.5, 0.6) is 0 Å². The van der Waals surface area contributed by atoms with Crippen molar-refractivity contribution in [3.63, 3.8) is 0 Å². The molecule has 6 heteroatoms. The minimum absolute atomic E-state index is 0.0926. The maximum absolute atomic E-state index is 11.3. The molecule has 0 aromatic rings. The van der Waals surface area contributed by atoms with Crippen LogP contribution in [0.3, 0.4) is 0 Å². The van der Waals surface area contributed by atoms with E-state index in [1.54, 1.807) is 18.9 Å².